The summed E-state index contributed by atoms with van der Waals surface area (Å²) in [5, 5.41) is 6.73. The molecule has 1 aromatic heterocycles. The maximum absolute atomic E-state index is 7.50. The van der Waals surface area contributed by atoms with Crippen molar-refractivity contribution in [3.8, 4) is 28.7 Å². The van der Waals surface area contributed by atoms with Crippen LogP contribution in [0.1, 0.15) is 139 Å². The molecule has 0 radical (unpaired) electrons. The van der Waals surface area contributed by atoms with E-state index in [0.717, 1.165) is 67.7 Å². The second kappa shape index (κ2) is 18.5. The molecule has 7 heterocycles. The van der Waals surface area contributed by atoms with Crippen LogP contribution in [0.15, 0.2) is 146 Å². The Labute approximate surface area is 538 Å². The molecule has 0 unspecified atom stereocenters. The standard InChI is InChI=1S/C82H79B3N4O2/c1-43-27-47(5)77(48(6)28-43)89-66-42-71-60(40-58(66)84-57-37-51(81(13,14)15)22-26-65(57)87(68-31-45(3)32-69(89)75(68)84)53-23-19-49(20-24-53)79(7,8)9)85-59-39-56-62(41-70(59)90-72-33-46(4)34-73(91-71)76(72)85)86-63-29-44(2)30-67-74(63)83(56)61-38-52(82(16,17)18)36-55-54-35-50(80(10,11)12)21-25-64(54)88(67)78(55)61/h19-42,86H,1-18H3. The molecule has 11 aromatic rings. The Kier molecular flexibility index (Phi) is 11.4. The molecule has 17 rings (SSSR count). The maximum atomic E-state index is 7.50. The van der Waals surface area contributed by atoms with Gasteiger partial charge in [0.15, 0.2) is 0 Å². The van der Waals surface area contributed by atoms with Gasteiger partial charge in [-0.05, 0) is 230 Å². The van der Waals surface area contributed by atoms with Gasteiger partial charge in [-0.1, -0.05) is 149 Å². The number of hydrogen-bond acceptors (Lipinski definition) is 5. The van der Waals surface area contributed by atoms with Crippen LogP contribution in [-0.4, -0.2) is 24.7 Å². The highest BCUT2D eigenvalue weighted by Gasteiger charge is 2.49. The van der Waals surface area contributed by atoms with Crippen molar-refractivity contribution in [2.75, 3.05) is 15.1 Å². The van der Waals surface area contributed by atoms with E-state index in [2.05, 4.69) is 290 Å². The number of nitrogens with one attached hydrogen (secondary N) is 1. The van der Waals surface area contributed by atoms with E-state index < -0.39 is 0 Å². The minimum atomic E-state index is -0.212. The molecule has 6 nitrogen and oxygen atoms in total. The molecule has 0 aliphatic carbocycles. The smallest absolute Gasteiger partial charge is 0.260 e. The molecule has 6 aliphatic heterocycles. The lowest BCUT2D eigenvalue weighted by Crippen LogP contribution is -2.65. The van der Waals surface area contributed by atoms with E-state index in [-0.39, 0.29) is 41.8 Å². The first-order valence-corrected chi connectivity index (χ1v) is 33.1. The van der Waals surface area contributed by atoms with Crippen molar-refractivity contribution < 1.29 is 9.47 Å². The van der Waals surface area contributed by atoms with Crippen LogP contribution in [0, 0.1) is 41.5 Å². The maximum Gasteiger partial charge on any atom is 0.260 e. The highest BCUT2D eigenvalue weighted by molar-refractivity contribution is 7.03. The molecule has 448 valence electrons. The highest BCUT2D eigenvalue weighted by Crippen LogP contribution is 2.50. The first-order chi connectivity index (χ1) is 43.1. The minimum absolute atomic E-state index is 0.00791. The van der Waals surface area contributed by atoms with Crippen molar-refractivity contribution in [1.29, 1.82) is 0 Å². The summed E-state index contributed by atoms with van der Waals surface area (Å²) in [4.78, 5) is 5.17. The third-order valence-electron chi connectivity index (χ3n) is 21.2. The number of fused-ring (bicyclic) bond motifs is 15. The lowest BCUT2D eigenvalue weighted by Gasteiger charge is -2.46. The number of nitrogens with zero attached hydrogens (tertiary/aromatic N) is 3. The summed E-state index contributed by atoms with van der Waals surface area (Å²) >= 11 is 0. The zero-order valence-corrected chi connectivity index (χ0v) is 56.2. The predicted octanol–water partition coefficient (Wildman–Crippen LogP) is 15.5. The lowest BCUT2D eigenvalue weighted by molar-refractivity contribution is 0.464. The Morgan fingerprint density at radius 2 is 0.846 bits per heavy atom. The van der Waals surface area contributed by atoms with Crippen molar-refractivity contribution in [3.63, 3.8) is 0 Å². The molecule has 1 N–H and O–H groups in total. The van der Waals surface area contributed by atoms with Crippen molar-refractivity contribution >= 4 is 137 Å². The van der Waals surface area contributed by atoms with Crippen LogP contribution in [0.4, 0.5) is 45.5 Å². The van der Waals surface area contributed by atoms with Gasteiger partial charge in [0.1, 0.15) is 23.0 Å². The molecule has 0 fully saturated rings. The average molecular weight is 1180 g/mol. The predicted molar refractivity (Wildman–Crippen MR) is 390 cm³/mol. The number of aromatic nitrogens is 1. The Morgan fingerprint density at radius 3 is 1.51 bits per heavy atom. The Morgan fingerprint density at radius 1 is 0.341 bits per heavy atom. The molecule has 0 bridgehead atoms. The molecule has 10 aromatic carbocycles. The largest absolute Gasteiger partial charge is 0.458 e. The van der Waals surface area contributed by atoms with Crippen LogP contribution < -0.4 is 73.8 Å². The van der Waals surface area contributed by atoms with E-state index in [0.29, 0.717) is 0 Å². The molecule has 0 spiro atoms. The van der Waals surface area contributed by atoms with Gasteiger partial charge in [0, 0.05) is 79.4 Å². The van der Waals surface area contributed by atoms with Crippen molar-refractivity contribution in [1.82, 2.24) is 4.57 Å². The molecular formula is C82H79B3N4O2. The fraction of sp³-hybridized carbons (Fsp3) is 0.268. The molecule has 9 heteroatoms. The monoisotopic (exact) mass is 1180 g/mol. The van der Waals surface area contributed by atoms with Crippen LogP contribution in [0.25, 0.3) is 27.5 Å². The summed E-state index contributed by atoms with van der Waals surface area (Å²) in [6.45, 7) is 41.2. The molecule has 0 atom stereocenters. The first-order valence-electron chi connectivity index (χ1n) is 33.1. The third-order valence-corrected chi connectivity index (χ3v) is 21.2. The van der Waals surface area contributed by atoms with Crippen LogP contribution in [0.5, 0.6) is 23.0 Å². The topological polar surface area (TPSA) is 41.9 Å². The second-order valence-corrected chi connectivity index (χ2v) is 32.0. The zero-order valence-electron chi connectivity index (χ0n) is 56.2. The Balaban J connectivity index is 0.938. The second-order valence-electron chi connectivity index (χ2n) is 32.0. The van der Waals surface area contributed by atoms with E-state index >= 15 is 0 Å². The Bertz CT molecular complexity index is 5100. The molecule has 0 amide bonds. The average Bonchev–Trinajstić information content (AvgIpc) is 1.65. The van der Waals surface area contributed by atoms with Crippen molar-refractivity contribution in [3.05, 3.63) is 201 Å². The molecule has 6 aliphatic rings. The van der Waals surface area contributed by atoms with E-state index in [1.807, 2.05) is 0 Å². The summed E-state index contributed by atoms with van der Waals surface area (Å²) in [7, 11) is 0. The summed E-state index contributed by atoms with van der Waals surface area (Å²) in [6.07, 6.45) is 0. The summed E-state index contributed by atoms with van der Waals surface area (Å²) < 4.78 is 17.4. The summed E-state index contributed by atoms with van der Waals surface area (Å²) in [5.74, 6) is 3.45. The first kappa shape index (κ1) is 56.2. The number of aryl methyl sites for hydroxylation is 6. The van der Waals surface area contributed by atoms with Gasteiger partial charge < -0.3 is 29.2 Å². The lowest BCUT2D eigenvalue weighted by atomic mass is 9.29. The summed E-state index contributed by atoms with van der Waals surface area (Å²) in [6, 6.07) is 57.8. The number of rotatable bonds is 2. The van der Waals surface area contributed by atoms with Gasteiger partial charge in [-0.15, -0.1) is 0 Å². The van der Waals surface area contributed by atoms with E-state index in [1.165, 1.54) is 133 Å². The minimum Gasteiger partial charge on any atom is -0.458 e. The van der Waals surface area contributed by atoms with Gasteiger partial charge in [0.25, 0.3) is 20.1 Å². The van der Waals surface area contributed by atoms with E-state index in [4.69, 9.17) is 9.47 Å². The van der Waals surface area contributed by atoms with Crippen LogP contribution >= 0.6 is 0 Å². The number of benzene rings is 10. The third kappa shape index (κ3) is 8.07. The van der Waals surface area contributed by atoms with Crippen LogP contribution in [0.3, 0.4) is 0 Å². The van der Waals surface area contributed by atoms with Gasteiger partial charge in [-0.3, -0.25) is 0 Å². The van der Waals surface area contributed by atoms with E-state index in [9.17, 15) is 0 Å². The SMILES string of the molecule is Cc1cc(C)c(N2c3cc4c(cc3B3c5cc(C(C)(C)C)ccc5N(c5ccc(C(C)(C)C)cc5)c5cc(C)cc2c53)B2c3cc5c(cc3Oc3cc(C)cc(c32)O4)Nc2cc(C)cc3c2B5c2cc(C(C)(C)C)cc4c5cc(C(C)(C)C)ccc5n-3c24)c(C)c1. The molecule has 91 heavy (non-hydrogen) atoms. The molecular weight excluding hydrogens is 1110 g/mol. The van der Waals surface area contributed by atoms with Crippen molar-refractivity contribution in [2.24, 2.45) is 0 Å². The Hall–Kier alpha value is -8.81. The fourth-order valence-electron chi connectivity index (χ4n) is 16.8. The number of ether oxygens (including phenoxy) is 2. The van der Waals surface area contributed by atoms with Gasteiger partial charge in [0.2, 0.25) is 0 Å². The molecule has 0 saturated carbocycles. The van der Waals surface area contributed by atoms with E-state index in [1.54, 1.807) is 0 Å². The number of hydrogen-bond donors (Lipinski definition) is 1. The van der Waals surface area contributed by atoms with Crippen molar-refractivity contribution in [2.45, 2.75) is 146 Å². The fourth-order valence-corrected chi connectivity index (χ4v) is 16.8. The number of anilines is 8. The van der Waals surface area contributed by atoms with Gasteiger partial charge in [-0.25, -0.2) is 0 Å². The zero-order chi connectivity index (χ0) is 63.3. The highest BCUT2D eigenvalue weighted by atomic mass is 16.5. The molecule has 0 saturated heterocycles. The van der Waals surface area contributed by atoms with Crippen LogP contribution in [0.2, 0.25) is 0 Å². The van der Waals surface area contributed by atoms with Gasteiger partial charge in [0.05, 0.1) is 11.2 Å². The van der Waals surface area contributed by atoms with Crippen LogP contribution in [-0.2, 0) is 21.7 Å². The normalized spacial score (nSPS) is 14.6. The van der Waals surface area contributed by atoms with Gasteiger partial charge in [-0.2, -0.15) is 0 Å². The van der Waals surface area contributed by atoms with Gasteiger partial charge >= 0.3 is 0 Å². The summed E-state index contributed by atoms with van der Waals surface area (Å²) in [5.41, 5.74) is 36.8. The quantitative estimate of drug-likeness (QED) is 0.175.